The van der Waals surface area contributed by atoms with E-state index in [1.807, 2.05) is 38.1 Å². The summed E-state index contributed by atoms with van der Waals surface area (Å²) in [7, 11) is 0. The minimum Gasteiger partial charge on any atom is -0.452 e. The predicted molar refractivity (Wildman–Crippen MR) is 104 cm³/mol. The summed E-state index contributed by atoms with van der Waals surface area (Å²) in [6.07, 6.45) is 3.29. The maximum Gasteiger partial charge on any atom is 0.308 e. The van der Waals surface area contributed by atoms with Crippen LogP contribution < -0.4 is 10.6 Å². The van der Waals surface area contributed by atoms with Gasteiger partial charge in [0.15, 0.2) is 6.10 Å². The SMILES string of the molecule is CC(C)[C@H](OC(=O)C[C@@H]1Sc2ccccc2NC1=O)C(=O)NC1CCCC1. The van der Waals surface area contributed by atoms with Gasteiger partial charge in [-0.15, -0.1) is 11.8 Å². The highest BCUT2D eigenvalue weighted by atomic mass is 32.2. The van der Waals surface area contributed by atoms with Gasteiger partial charge in [-0.25, -0.2) is 0 Å². The molecule has 1 aliphatic heterocycles. The second-order valence-corrected chi connectivity index (χ2v) is 8.69. The molecule has 2 atom stereocenters. The summed E-state index contributed by atoms with van der Waals surface area (Å²) >= 11 is 1.35. The number of thioether (sulfide) groups is 1. The van der Waals surface area contributed by atoms with Gasteiger partial charge < -0.3 is 15.4 Å². The first-order chi connectivity index (χ1) is 12.9. The van der Waals surface area contributed by atoms with Crippen molar-refractivity contribution in [1.29, 1.82) is 0 Å². The Kier molecular flexibility index (Phi) is 6.42. The molecule has 1 saturated carbocycles. The smallest absolute Gasteiger partial charge is 0.308 e. The fourth-order valence-corrected chi connectivity index (χ4v) is 4.51. The standard InChI is InChI=1S/C20H26N2O4S/c1-12(2)18(20(25)21-13-7-3-4-8-13)26-17(23)11-16-19(24)22-14-9-5-6-10-15(14)27-16/h5-6,9-10,12-13,16,18H,3-4,7-8,11H2,1-2H3,(H,21,25)(H,22,24)/t16-,18-/m0/s1. The van der Waals surface area contributed by atoms with Crippen LogP contribution >= 0.6 is 11.8 Å². The molecule has 146 valence electrons. The van der Waals surface area contributed by atoms with E-state index in [0.717, 1.165) is 36.3 Å². The Labute approximate surface area is 163 Å². The predicted octanol–water partition coefficient (Wildman–Crippen LogP) is 3.12. The van der Waals surface area contributed by atoms with E-state index in [9.17, 15) is 14.4 Å². The van der Waals surface area contributed by atoms with Crippen molar-refractivity contribution >= 4 is 35.2 Å². The second-order valence-electron chi connectivity index (χ2n) is 7.44. The van der Waals surface area contributed by atoms with Crippen molar-refractivity contribution < 1.29 is 19.1 Å². The molecule has 0 aromatic heterocycles. The van der Waals surface area contributed by atoms with Crippen molar-refractivity contribution in [1.82, 2.24) is 5.32 Å². The van der Waals surface area contributed by atoms with E-state index in [1.165, 1.54) is 11.8 Å². The highest BCUT2D eigenvalue weighted by Crippen LogP contribution is 2.36. The van der Waals surface area contributed by atoms with E-state index >= 15 is 0 Å². The molecule has 7 heteroatoms. The van der Waals surface area contributed by atoms with Gasteiger partial charge in [0.25, 0.3) is 5.91 Å². The molecule has 6 nitrogen and oxygen atoms in total. The first kappa shape index (κ1) is 19.7. The molecule has 1 heterocycles. The highest BCUT2D eigenvalue weighted by Gasteiger charge is 2.33. The van der Waals surface area contributed by atoms with E-state index in [0.29, 0.717) is 0 Å². The van der Waals surface area contributed by atoms with E-state index in [4.69, 9.17) is 4.74 Å². The normalized spacial score (nSPS) is 20.7. The first-order valence-corrected chi connectivity index (χ1v) is 10.4. The number of amides is 2. The minimum absolute atomic E-state index is 0.0647. The number of nitrogens with one attached hydrogen (secondary N) is 2. The number of carbonyl (C=O) groups excluding carboxylic acids is 3. The molecule has 0 unspecified atom stereocenters. The van der Waals surface area contributed by atoms with Crippen LogP contribution in [0.1, 0.15) is 46.0 Å². The van der Waals surface area contributed by atoms with E-state index in [1.54, 1.807) is 0 Å². The lowest BCUT2D eigenvalue weighted by Gasteiger charge is -2.26. The Bertz CT molecular complexity index is 716. The molecule has 0 spiro atoms. The number of para-hydroxylation sites is 1. The van der Waals surface area contributed by atoms with Crippen molar-refractivity contribution in [3.05, 3.63) is 24.3 Å². The molecule has 27 heavy (non-hydrogen) atoms. The van der Waals surface area contributed by atoms with Crippen molar-refractivity contribution in [3.63, 3.8) is 0 Å². The summed E-state index contributed by atoms with van der Waals surface area (Å²) < 4.78 is 5.48. The van der Waals surface area contributed by atoms with Gasteiger partial charge in [-0.1, -0.05) is 38.8 Å². The molecule has 0 bridgehead atoms. The van der Waals surface area contributed by atoms with Crippen molar-refractivity contribution in [2.45, 2.75) is 68.2 Å². The maximum atomic E-state index is 12.5. The van der Waals surface area contributed by atoms with Crippen molar-refractivity contribution in [2.75, 3.05) is 5.32 Å². The van der Waals surface area contributed by atoms with E-state index < -0.39 is 17.3 Å². The zero-order chi connectivity index (χ0) is 19.4. The Morgan fingerprint density at radius 3 is 2.67 bits per heavy atom. The van der Waals surface area contributed by atoms with E-state index in [-0.39, 0.29) is 30.2 Å². The van der Waals surface area contributed by atoms with Gasteiger partial charge in [0, 0.05) is 10.9 Å². The molecule has 0 saturated heterocycles. The largest absolute Gasteiger partial charge is 0.452 e. The number of carbonyl (C=O) groups is 3. The van der Waals surface area contributed by atoms with Crippen molar-refractivity contribution in [3.8, 4) is 0 Å². The molecule has 1 aromatic rings. The van der Waals surface area contributed by atoms with Gasteiger partial charge in [0.05, 0.1) is 17.4 Å². The molecule has 1 aromatic carbocycles. The zero-order valence-electron chi connectivity index (χ0n) is 15.7. The van der Waals surface area contributed by atoms with Crippen LogP contribution in [0.25, 0.3) is 0 Å². The zero-order valence-corrected chi connectivity index (χ0v) is 16.5. The first-order valence-electron chi connectivity index (χ1n) is 9.50. The molecular weight excluding hydrogens is 364 g/mol. The van der Waals surface area contributed by atoms with Gasteiger partial charge in [0.1, 0.15) is 0 Å². The number of rotatable bonds is 6. The fourth-order valence-electron chi connectivity index (χ4n) is 3.41. The number of ether oxygens (including phenoxy) is 1. The summed E-state index contributed by atoms with van der Waals surface area (Å²) in [5, 5.41) is 5.25. The third-order valence-corrected chi connectivity index (χ3v) is 6.16. The lowest BCUT2D eigenvalue weighted by molar-refractivity contribution is -0.159. The summed E-state index contributed by atoms with van der Waals surface area (Å²) in [4.78, 5) is 38.1. The van der Waals surface area contributed by atoms with E-state index in [2.05, 4.69) is 10.6 Å². The van der Waals surface area contributed by atoms with Gasteiger partial charge in [-0.3, -0.25) is 14.4 Å². The molecule has 3 rings (SSSR count). The van der Waals surface area contributed by atoms with Crippen LogP contribution in [0, 0.1) is 5.92 Å². The average Bonchev–Trinajstić information content (AvgIpc) is 3.13. The third-order valence-electron chi connectivity index (χ3n) is 4.88. The number of anilines is 1. The minimum atomic E-state index is -0.831. The second kappa shape index (κ2) is 8.78. The van der Waals surface area contributed by atoms with Crippen LogP contribution in [0.4, 0.5) is 5.69 Å². The average molecular weight is 391 g/mol. The number of hydrogen-bond acceptors (Lipinski definition) is 5. The van der Waals surface area contributed by atoms with Crippen molar-refractivity contribution in [2.24, 2.45) is 5.92 Å². The van der Waals surface area contributed by atoms with Crippen LogP contribution in [0.15, 0.2) is 29.2 Å². The third kappa shape index (κ3) is 5.03. The van der Waals surface area contributed by atoms with Crippen LogP contribution in [-0.4, -0.2) is 35.2 Å². The summed E-state index contributed by atoms with van der Waals surface area (Å²) in [6, 6.07) is 7.65. The fraction of sp³-hybridized carbons (Fsp3) is 0.550. The Morgan fingerprint density at radius 2 is 1.96 bits per heavy atom. The molecule has 2 N–H and O–H groups in total. The summed E-state index contributed by atoms with van der Waals surface area (Å²) in [5.41, 5.74) is 0.758. The van der Waals surface area contributed by atoms with Crippen LogP contribution in [-0.2, 0) is 19.1 Å². The maximum absolute atomic E-state index is 12.5. The molecule has 2 aliphatic rings. The number of hydrogen-bond donors (Lipinski definition) is 2. The summed E-state index contributed by atoms with van der Waals surface area (Å²) in [5.74, 6) is -1.12. The monoisotopic (exact) mass is 390 g/mol. The molecule has 0 radical (unpaired) electrons. The Morgan fingerprint density at radius 1 is 1.26 bits per heavy atom. The Hall–Kier alpha value is -2.02. The Balaban J connectivity index is 1.57. The van der Waals surface area contributed by atoms with Crippen LogP contribution in [0.2, 0.25) is 0 Å². The molecule has 1 aliphatic carbocycles. The van der Waals surface area contributed by atoms with Crippen LogP contribution in [0.5, 0.6) is 0 Å². The summed E-state index contributed by atoms with van der Waals surface area (Å²) in [6.45, 7) is 3.70. The van der Waals surface area contributed by atoms with Gasteiger partial charge >= 0.3 is 5.97 Å². The molecule has 1 fully saturated rings. The number of benzene rings is 1. The van der Waals surface area contributed by atoms with Gasteiger partial charge in [0.2, 0.25) is 5.91 Å². The molecule has 2 amide bonds. The topological polar surface area (TPSA) is 84.5 Å². The van der Waals surface area contributed by atoms with Crippen LogP contribution in [0.3, 0.4) is 0 Å². The number of fused-ring (bicyclic) bond motifs is 1. The highest BCUT2D eigenvalue weighted by molar-refractivity contribution is 8.01. The quantitative estimate of drug-likeness (QED) is 0.729. The lowest BCUT2D eigenvalue weighted by Crippen LogP contribution is -2.45. The number of esters is 1. The van der Waals surface area contributed by atoms with Gasteiger partial charge in [-0.2, -0.15) is 0 Å². The molecular formula is C20H26N2O4S. The lowest BCUT2D eigenvalue weighted by atomic mass is 10.1. The van der Waals surface area contributed by atoms with Gasteiger partial charge in [-0.05, 0) is 30.9 Å².